The molecule has 1 heterocycles. The molecule has 0 fully saturated rings. The number of aromatic nitrogens is 2. The number of nitrogens with one attached hydrogen (secondary N) is 1. The SMILES string of the molecule is Cc1ccc(CC(=O)Nc2cc(C)nn2-c2cccc(C(F)(F)F)c2)cc1. The zero-order valence-corrected chi connectivity index (χ0v) is 14.8. The van der Waals surface area contributed by atoms with E-state index in [0.717, 1.165) is 23.3 Å². The van der Waals surface area contributed by atoms with Crippen LogP contribution in [0, 0.1) is 13.8 Å². The first kappa shape index (κ1) is 18.7. The molecule has 0 bridgehead atoms. The molecule has 0 saturated carbocycles. The number of aryl methyl sites for hydroxylation is 2. The van der Waals surface area contributed by atoms with Gasteiger partial charge in [-0.1, -0.05) is 35.9 Å². The second-order valence-corrected chi connectivity index (χ2v) is 6.34. The van der Waals surface area contributed by atoms with E-state index in [0.29, 0.717) is 11.5 Å². The fraction of sp³-hybridized carbons (Fsp3) is 0.200. The Morgan fingerprint density at radius 3 is 2.44 bits per heavy atom. The molecule has 3 aromatic rings. The van der Waals surface area contributed by atoms with E-state index in [9.17, 15) is 18.0 Å². The normalized spacial score (nSPS) is 11.4. The maximum Gasteiger partial charge on any atom is 0.416 e. The molecular formula is C20H18F3N3O. The minimum Gasteiger partial charge on any atom is -0.310 e. The van der Waals surface area contributed by atoms with Crippen molar-refractivity contribution in [1.29, 1.82) is 0 Å². The van der Waals surface area contributed by atoms with E-state index in [2.05, 4.69) is 10.4 Å². The molecular weight excluding hydrogens is 355 g/mol. The molecule has 0 atom stereocenters. The number of anilines is 1. The Balaban J connectivity index is 1.84. The van der Waals surface area contributed by atoms with Crippen LogP contribution in [-0.4, -0.2) is 15.7 Å². The van der Waals surface area contributed by atoms with Gasteiger partial charge in [0.1, 0.15) is 5.82 Å². The van der Waals surface area contributed by atoms with E-state index in [4.69, 9.17) is 0 Å². The van der Waals surface area contributed by atoms with Crippen LogP contribution in [0.5, 0.6) is 0 Å². The number of hydrogen-bond donors (Lipinski definition) is 1. The lowest BCUT2D eigenvalue weighted by atomic mass is 10.1. The molecule has 3 rings (SSSR count). The van der Waals surface area contributed by atoms with Crippen LogP contribution < -0.4 is 5.32 Å². The predicted molar refractivity (Wildman–Crippen MR) is 96.8 cm³/mol. The Hall–Kier alpha value is -3.09. The van der Waals surface area contributed by atoms with Crippen LogP contribution in [0.1, 0.15) is 22.4 Å². The van der Waals surface area contributed by atoms with Crippen LogP contribution in [0.4, 0.5) is 19.0 Å². The van der Waals surface area contributed by atoms with Gasteiger partial charge in [0, 0.05) is 6.07 Å². The van der Waals surface area contributed by atoms with E-state index >= 15 is 0 Å². The number of rotatable bonds is 4. The lowest BCUT2D eigenvalue weighted by Gasteiger charge is -2.12. The largest absolute Gasteiger partial charge is 0.416 e. The lowest BCUT2D eigenvalue weighted by Crippen LogP contribution is -2.17. The van der Waals surface area contributed by atoms with Crippen molar-refractivity contribution >= 4 is 11.7 Å². The monoisotopic (exact) mass is 373 g/mol. The molecule has 140 valence electrons. The molecule has 0 saturated heterocycles. The van der Waals surface area contributed by atoms with Crippen LogP contribution >= 0.6 is 0 Å². The highest BCUT2D eigenvalue weighted by Gasteiger charge is 2.30. The predicted octanol–water partition coefficient (Wildman–Crippen LogP) is 4.69. The summed E-state index contributed by atoms with van der Waals surface area (Å²) in [6.07, 6.45) is -4.29. The summed E-state index contributed by atoms with van der Waals surface area (Å²) >= 11 is 0. The zero-order chi connectivity index (χ0) is 19.6. The van der Waals surface area contributed by atoms with Crippen molar-refractivity contribution in [2.24, 2.45) is 0 Å². The molecule has 0 radical (unpaired) electrons. The topological polar surface area (TPSA) is 46.9 Å². The van der Waals surface area contributed by atoms with Gasteiger partial charge >= 0.3 is 6.18 Å². The number of carbonyl (C=O) groups excluding carboxylic acids is 1. The highest BCUT2D eigenvalue weighted by atomic mass is 19.4. The third-order valence-electron chi connectivity index (χ3n) is 4.00. The Morgan fingerprint density at radius 1 is 1.07 bits per heavy atom. The van der Waals surface area contributed by atoms with Crippen molar-refractivity contribution in [3.63, 3.8) is 0 Å². The molecule has 0 aliphatic rings. The van der Waals surface area contributed by atoms with Gasteiger partial charge in [-0.2, -0.15) is 18.3 Å². The number of alkyl halides is 3. The molecule has 0 aliphatic carbocycles. The van der Waals surface area contributed by atoms with E-state index in [1.807, 2.05) is 31.2 Å². The minimum atomic E-state index is -4.45. The molecule has 0 unspecified atom stereocenters. The molecule has 4 nitrogen and oxygen atoms in total. The fourth-order valence-corrected chi connectivity index (χ4v) is 2.68. The molecule has 1 amide bonds. The van der Waals surface area contributed by atoms with E-state index < -0.39 is 11.7 Å². The van der Waals surface area contributed by atoms with Gasteiger partial charge in [0.05, 0.1) is 23.4 Å². The zero-order valence-electron chi connectivity index (χ0n) is 14.8. The van der Waals surface area contributed by atoms with Crippen LogP contribution in [0.15, 0.2) is 54.6 Å². The number of hydrogen-bond acceptors (Lipinski definition) is 2. The summed E-state index contributed by atoms with van der Waals surface area (Å²) < 4.78 is 40.2. The maximum atomic E-state index is 13.0. The number of halogens is 3. The summed E-state index contributed by atoms with van der Waals surface area (Å²) in [4.78, 5) is 12.4. The maximum absolute atomic E-state index is 13.0. The molecule has 7 heteroatoms. The van der Waals surface area contributed by atoms with Gasteiger partial charge in [-0.05, 0) is 37.6 Å². The van der Waals surface area contributed by atoms with Crippen molar-refractivity contribution in [3.05, 3.63) is 77.0 Å². The summed E-state index contributed by atoms with van der Waals surface area (Å²) in [6.45, 7) is 3.67. The van der Waals surface area contributed by atoms with Crippen LogP contribution in [-0.2, 0) is 17.4 Å². The number of amides is 1. The van der Waals surface area contributed by atoms with Gasteiger partial charge in [-0.3, -0.25) is 4.79 Å². The van der Waals surface area contributed by atoms with Gasteiger partial charge in [0.15, 0.2) is 0 Å². The first-order valence-electron chi connectivity index (χ1n) is 8.32. The first-order valence-corrected chi connectivity index (χ1v) is 8.32. The quantitative estimate of drug-likeness (QED) is 0.721. The first-order chi connectivity index (χ1) is 12.7. The molecule has 2 aromatic carbocycles. The van der Waals surface area contributed by atoms with Crippen molar-refractivity contribution in [1.82, 2.24) is 9.78 Å². The highest BCUT2D eigenvalue weighted by molar-refractivity contribution is 5.91. The Morgan fingerprint density at radius 2 is 1.78 bits per heavy atom. The number of benzene rings is 2. The third-order valence-corrected chi connectivity index (χ3v) is 4.00. The molecule has 27 heavy (non-hydrogen) atoms. The Labute approximate surface area is 154 Å². The fourth-order valence-electron chi connectivity index (χ4n) is 2.68. The third kappa shape index (κ3) is 4.55. The molecule has 1 aromatic heterocycles. The van der Waals surface area contributed by atoms with Crippen molar-refractivity contribution in [2.45, 2.75) is 26.4 Å². The van der Waals surface area contributed by atoms with Gasteiger partial charge in [0.2, 0.25) is 5.91 Å². The van der Waals surface area contributed by atoms with Crippen LogP contribution in [0.25, 0.3) is 5.69 Å². The summed E-state index contributed by atoms with van der Waals surface area (Å²) in [7, 11) is 0. The standard InChI is InChI=1S/C20H18F3N3O/c1-13-6-8-15(9-7-13)11-19(27)24-18-10-14(2)25-26(18)17-5-3-4-16(12-17)20(21,22)23/h3-10,12H,11H2,1-2H3,(H,24,27). The van der Waals surface area contributed by atoms with Crippen molar-refractivity contribution in [3.8, 4) is 5.69 Å². The van der Waals surface area contributed by atoms with E-state index in [-0.39, 0.29) is 18.0 Å². The smallest absolute Gasteiger partial charge is 0.310 e. The van der Waals surface area contributed by atoms with E-state index in [1.165, 1.54) is 16.8 Å². The van der Waals surface area contributed by atoms with Gasteiger partial charge < -0.3 is 5.32 Å². The van der Waals surface area contributed by atoms with Crippen LogP contribution in [0.2, 0.25) is 0 Å². The van der Waals surface area contributed by atoms with Crippen molar-refractivity contribution in [2.75, 3.05) is 5.32 Å². The number of carbonyl (C=O) groups is 1. The minimum absolute atomic E-state index is 0.160. The van der Waals surface area contributed by atoms with E-state index in [1.54, 1.807) is 13.0 Å². The average molecular weight is 373 g/mol. The second-order valence-electron chi connectivity index (χ2n) is 6.34. The summed E-state index contributed by atoms with van der Waals surface area (Å²) in [5.41, 5.74) is 1.98. The van der Waals surface area contributed by atoms with Gasteiger partial charge in [-0.15, -0.1) is 0 Å². The summed E-state index contributed by atoms with van der Waals surface area (Å²) in [5.74, 6) is 0.0518. The lowest BCUT2D eigenvalue weighted by molar-refractivity contribution is -0.137. The number of nitrogens with zero attached hydrogens (tertiary/aromatic N) is 2. The van der Waals surface area contributed by atoms with Gasteiger partial charge in [-0.25, -0.2) is 4.68 Å². The summed E-state index contributed by atoms with van der Waals surface area (Å²) in [6, 6.07) is 14.0. The molecule has 0 aliphatic heterocycles. The van der Waals surface area contributed by atoms with Gasteiger partial charge in [0.25, 0.3) is 0 Å². The van der Waals surface area contributed by atoms with Crippen LogP contribution in [0.3, 0.4) is 0 Å². The second kappa shape index (κ2) is 7.26. The molecule has 1 N–H and O–H groups in total. The molecule has 0 spiro atoms. The summed E-state index contributed by atoms with van der Waals surface area (Å²) in [5, 5.41) is 6.94. The average Bonchev–Trinajstić information content (AvgIpc) is 2.96. The van der Waals surface area contributed by atoms with Crippen molar-refractivity contribution < 1.29 is 18.0 Å². The Kier molecular flexibility index (Phi) is 5.03. The Bertz CT molecular complexity index is 959. The highest BCUT2D eigenvalue weighted by Crippen LogP contribution is 2.31.